The highest BCUT2D eigenvalue weighted by molar-refractivity contribution is 5.43. The molecular formula is C23H33N3O3. The first kappa shape index (κ1) is 21.6. The summed E-state index contributed by atoms with van der Waals surface area (Å²) < 4.78 is 11.4. The number of aliphatic hydroxyl groups excluding tert-OH is 1. The fourth-order valence-electron chi connectivity index (χ4n) is 3.78. The Morgan fingerprint density at radius 2 is 1.90 bits per heavy atom. The van der Waals surface area contributed by atoms with Crippen LogP contribution in [0.15, 0.2) is 42.7 Å². The highest BCUT2D eigenvalue weighted by Gasteiger charge is 2.16. The predicted octanol–water partition coefficient (Wildman–Crippen LogP) is 2.95. The molecule has 3 rings (SSSR count). The van der Waals surface area contributed by atoms with Crippen molar-refractivity contribution in [3.05, 3.63) is 53.9 Å². The summed E-state index contributed by atoms with van der Waals surface area (Å²) in [5.41, 5.74) is 2.32. The Bertz CT molecular complexity index is 735. The van der Waals surface area contributed by atoms with Gasteiger partial charge >= 0.3 is 0 Å². The summed E-state index contributed by atoms with van der Waals surface area (Å²) in [4.78, 5) is 8.72. The van der Waals surface area contributed by atoms with Gasteiger partial charge in [-0.05, 0) is 62.3 Å². The van der Waals surface area contributed by atoms with Crippen LogP contribution in [-0.4, -0.2) is 66.4 Å². The SMILES string of the molecule is COc1ccc(CN(C)Cc2cccnc2)cc1OC[C@@H](O)CN1CCCCC1. The van der Waals surface area contributed by atoms with Gasteiger partial charge in [0.2, 0.25) is 0 Å². The fourth-order valence-corrected chi connectivity index (χ4v) is 3.78. The van der Waals surface area contributed by atoms with Gasteiger partial charge in [-0.2, -0.15) is 0 Å². The lowest BCUT2D eigenvalue weighted by molar-refractivity contribution is 0.0608. The van der Waals surface area contributed by atoms with Gasteiger partial charge < -0.3 is 19.5 Å². The molecule has 1 fully saturated rings. The average Bonchev–Trinajstić information content (AvgIpc) is 2.74. The van der Waals surface area contributed by atoms with E-state index in [1.165, 1.54) is 24.8 Å². The van der Waals surface area contributed by atoms with Crippen LogP contribution < -0.4 is 9.47 Å². The number of β-amino-alcohol motifs (C(OH)–C–C–N with tert-alkyl or cyclic N) is 1. The molecule has 0 spiro atoms. The van der Waals surface area contributed by atoms with Crippen molar-refractivity contribution < 1.29 is 14.6 Å². The lowest BCUT2D eigenvalue weighted by Gasteiger charge is -2.28. The summed E-state index contributed by atoms with van der Waals surface area (Å²) in [7, 11) is 3.72. The third-order valence-corrected chi connectivity index (χ3v) is 5.20. The van der Waals surface area contributed by atoms with E-state index in [0.717, 1.165) is 31.7 Å². The van der Waals surface area contributed by atoms with Crippen LogP contribution >= 0.6 is 0 Å². The topological polar surface area (TPSA) is 58.1 Å². The molecule has 0 unspecified atom stereocenters. The maximum atomic E-state index is 10.4. The van der Waals surface area contributed by atoms with Gasteiger partial charge in [-0.25, -0.2) is 0 Å². The van der Waals surface area contributed by atoms with Crippen molar-refractivity contribution in [2.75, 3.05) is 40.4 Å². The quantitative estimate of drug-likeness (QED) is 0.663. The molecule has 0 saturated carbocycles. The second-order valence-corrected chi connectivity index (χ2v) is 7.84. The predicted molar refractivity (Wildman–Crippen MR) is 114 cm³/mol. The van der Waals surface area contributed by atoms with Gasteiger partial charge in [0, 0.05) is 32.0 Å². The number of pyridine rings is 1. The number of aliphatic hydroxyl groups is 1. The Morgan fingerprint density at radius 1 is 1.10 bits per heavy atom. The van der Waals surface area contributed by atoms with Crippen molar-refractivity contribution in [3.63, 3.8) is 0 Å². The highest BCUT2D eigenvalue weighted by Crippen LogP contribution is 2.29. The number of piperidine rings is 1. The highest BCUT2D eigenvalue weighted by atomic mass is 16.5. The molecule has 1 aromatic heterocycles. The second-order valence-electron chi connectivity index (χ2n) is 7.84. The van der Waals surface area contributed by atoms with Gasteiger partial charge in [0.15, 0.2) is 11.5 Å². The number of ether oxygens (including phenoxy) is 2. The van der Waals surface area contributed by atoms with Crippen LogP contribution in [0.2, 0.25) is 0 Å². The number of benzene rings is 1. The van der Waals surface area contributed by atoms with E-state index in [1.54, 1.807) is 13.3 Å². The van der Waals surface area contributed by atoms with Crippen molar-refractivity contribution in [2.24, 2.45) is 0 Å². The summed E-state index contributed by atoms with van der Waals surface area (Å²) in [6.45, 7) is 4.67. The van der Waals surface area contributed by atoms with Crippen LogP contribution in [0.4, 0.5) is 0 Å². The molecule has 1 aliphatic rings. The van der Waals surface area contributed by atoms with Crippen LogP contribution in [0.1, 0.15) is 30.4 Å². The first-order valence-corrected chi connectivity index (χ1v) is 10.4. The second kappa shape index (κ2) is 11.1. The maximum Gasteiger partial charge on any atom is 0.161 e. The minimum atomic E-state index is -0.505. The molecule has 0 bridgehead atoms. The van der Waals surface area contributed by atoms with E-state index in [0.29, 0.717) is 18.0 Å². The molecule has 1 atom stereocenters. The van der Waals surface area contributed by atoms with Gasteiger partial charge in [0.1, 0.15) is 12.7 Å². The van der Waals surface area contributed by atoms with Crippen molar-refractivity contribution in [1.82, 2.24) is 14.8 Å². The van der Waals surface area contributed by atoms with Crippen LogP contribution in [-0.2, 0) is 13.1 Å². The van der Waals surface area contributed by atoms with Crippen LogP contribution in [0, 0.1) is 0 Å². The molecular weight excluding hydrogens is 366 g/mol. The normalized spacial score (nSPS) is 16.0. The third kappa shape index (κ3) is 6.99. The Kier molecular flexibility index (Phi) is 8.28. The maximum absolute atomic E-state index is 10.4. The molecule has 2 aromatic rings. The van der Waals surface area contributed by atoms with E-state index in [2.05, 4.69) is 34.0 Å². The molecule has 158 valence electrons. The average molecular weight is 400 g/mol. The molecule has 0 radical (unpaired) electrons. The Balaban J connectivity index is 1.54. The Morgan fingerprint density at radius 3 is 2.62 bits per heavy atom. The summed E-state index contributed by atoms with van der Waals surface area (Å²) in [6, 6.07) is 10.0. The van der Waals surface area contributed by atoms with Gasteiger partial charge in [0.25, 0.3) is 0 Å². The van der Waals surface area contributed by atoms with E-state index in [-0.39, 0.29) is 6.61 Å². The summed E-state index contributed by atoms with van der Waals surface area (Å²) in [5, 5.41) is 10.4. The van der Waals surface area contributed by atoms with Gasteiger partial charge in [0.05, 0.1) is 7.11 Å². The van der Waals surface area contributed by atoms with E-state index < -0.39 is 6.10 Å². The van der Waals surface area contributed by atoms with Gasteiger partial charge in [-0.1, -0.05) is 18.6 Å². The molecule has 0 amide bonds. The molecule has 29 heavy (non-hydrogen) atoms. The molecule has 1 aromatic carbocycles. The molecule has 1 saturated heterocycles. The zero-order chi connectivity index (χ0) is 20.5. The number of hydrogen-bond acceptors (Lipinski definition) is 6. The molecule has 2 heterocycles. The first-order valence-electron chi connectivity index (χ1n) is 10.4. The number of hydrogen-bond donors (Lipinski definition) is 1. The van der Waals surface area contributed by atoms with Crippen LogP contribution in [0.25, 0.3) is 0 Å². The number of methoxy groups -OCH3 is 1. The Hall–Kier alpha value is -2.15. The summed E-state index contributed by atoms with van der Waals surface area (Å²) >= 11 is 0. The van der Waals surface area contributed by atoms with Crippen molar-refractivity contribution >= 4 is 0 Å². The minimum Gasteiger partial charge on any atom is -0.493 e. The van der Waals surface area contributed by atoms with E-state index in [4.69, 9.17) is 9.47 Å². The standard InChI is InChI=1S/C23H33N3O3/c1-25(16-20-7-6-10-24-14-20)15-19-8-9-22(28-2)23(13-19)29-18-21(27)17-26-11-4-3-5-12-26/h6-10,13-14,21,27H,3-5,11-12,15-18H2,1-2H3/t21-/m0/s1. The largest absolute Gasteiger partial charge is 0.493 e. The van der Waals surface area contributed by atoms with Crippen molar-refractivity contribution in [2.45, 2.75) is 38.5 Å². The van der Waals surface area contributed by atoms with Crippen LogP contribution in [0.3, 0.4) is 0 Å². The minimum absolute atomic E-state index is 0.266. The summed E-state index contributed by atoms with van der Waals surface area (Å²) in [6.07, 6.45) is 6.91. The van der Waals surface area contributed by atoms with Crippen LogP contribution in [0.5, 0.6) is 11.5 Å². The Labute approximate surface area is 174 Å². The fraction of sp³-hybridized carbons (Fsp3) is 0.522. The van der Waals surface area contributed by atoms with Gasteiger partial charge in [-0.15, -0.1) is 0 Å². The number of rotatable bonds is 10. The number of likely N-dealkylation sites (tertiary alicyclic amines) is 1. The molecule has 6 nitrogen and oxygen atoms in total. The molecule has 1 aliphatic heterocycles. The zero-order valence-corrected chi connectivity index (χ0v) is 17.6. The molecule has 0 aliphatic carbocycles. The summed E-state index contributed by atoms with van der Waals surface area (Å²) in [5.74, 6) is 1.37. The monoisotopic (exact) mass is 399 g/mol. The smallest absolute Gasteiger partial charge is 0.161 e. The molecule has 6 heteroatoms. The lowest BCUT2D eigenvalue weighted by atomic mass is 10.1. The van der Waals surface area contributed by atoms with E-state index in [1.807, 2.05) is 24.4 Å². The number of nitrogens with zero attached hydrogens (tertiary/aromatic N) is 3. The molecule has 1 N–H and O–H groups in total. The van der Waals surface area contributed by atoms with E-state index >= 15 is 0 Å². The van der Waals surface area contributed by atoms with Gasteiger partial charge in [-0.3, -0.25) is 9.88 Å². The third-order valence-electron chi connectivity index (χ3n) is 5.20. The first-order chi connectivity index (χ1) is 14.1. The van der Waals surface area contributed by atoms with Crippen molar-refractivity contribution in [1.29, 1.82) is 0 Å². The lowest BCUT2D eigenvalue weighted by Crippen LogP contribution is -2.38. The van der Waals surface area contributed by atoms with Crippen molar-refractivity contribution in [3.8, 4) is 11.5 Å². The zero-order valence-electron chi connectivity index (χ0n) is 17.6. The van der Waals surface area contributed by atoms with E-state index in [9.17, 15) is 5.11 Å². The number of aromatic nitrogens is 1.